The molecule has 2 heterocycles. The highest BCUT2D eigenvalue weighted by atomic mass is 16.2. The molecule has 1 aromatic heterocycles. The first kappa shape index (κ1) is 6.84. The summed E-state index contributed by atoms with van der Waals surface area (Å²) >= 11 is 0. The van der Waals surface area contributed by atoms with Crippen molar-refractivity contribution in [2.45, 2.75) is 0 Å². The minimum Gasteiger partial charge on any atom is -0.272 e. The van der Waals surface area contributed by atoms with Crippen LogP contribution in [0.4, 0.5) is 0 Å². The number of carbonyl (C=O) groups is 1. The molecular formula is C8H6N3O. The topological polar surface area (TPSA) is 56.1 Å². The monoisotopic (exact) mass is 160 g/mol. The van der Waals surface area contributed by atoms with Crippen molar-refractivity contribution in [3.63, 3.8) is 0 Å². The lowest BCUT2D eigenvalue weighted by Crippen LogP contribution is -2.19. The molecule has 0 saturated carbocycles. The van der Waals surface area contributed by atoms with Gasteiger partial charge < -0.3 is 0 Å². The molecule has 2 rings (SSSR count). The van der Waals surface area contributed by atoms with Crippen molar-refractivity contribution in [1.29, 1.82) is 0 Å². The lowest BCUT2D eigenvalue weighted by Gasteiger charge is -1.98. The standard InChI is InChI=1S/C8H6N3O/c12-8-5-7(10-11-8)6-3-1-2-4-9-6/h1-5,10H. The summed E-state index contributed by atoms with van der Waals surface area (Å²) in [7, 11) is 0. The third-order valence-corrected chi connectivity index (χ3v) is 1.50. The molecule has 4 heteroatoms. The Morgan fingerprint density at radius 2 is 2.25 bits per heavy atom. The number of carbonyl (C=O) groups excluding carboxylic acids is 1. The van der Waals surface area contributed by atoms with Crippen LogP contribution in [0, 0.1) is 0 Å². The molecule has 1 radical (unpaired) electrons. The zero-order valence-corrected chi connectivity index (χ0v) is 6.19. The van der Waals surface area contributed by atoms with E-state index in [4.69, 9.17) is 0 Å². The van der Waals surface area contributed by atoms with Crippen LogP contribution in [0.15, 0.2) is 30.5 Å². The van der Waals surface area contributed by atoms with Gasteiger partial charge in [0.05, 0.1) is 11.4 Å². The molecule has 12 heavy (non-hydrogen) atoms. The fourth-order valence-electron chi connectivity index (χ4n) is 0.957. The Morgan fingerprint density at radius 1 is 1.33 bits per heavy atom. The van der Waals surface area contributed by atoms with Crippen LogP contribution >= 0.6 is 0 Å². The van der Waals surface area contributed by atoms with Gasteiger partial charge in [-0.1, -0.05) is 6.07 Å². The molecule has 4 nitrogen and oxygen atoms in total. The summed E-state index contributed by atoms with van der Waals surface area (Å²) < 4.78 is 0. The second-order valence-electron chi connectivity index (χ2n) is 2.33. The zero-order valence-electron chi connectivity index (χ0n) is 6.19. The lowest BCUT2D eigenvalue weighted by molar-refractivity contribution is -0.116. The molecular weight excluding hydrogens is 154 g/mol. The van der Waals surface area contributed by atoms with Crippen LogP contribution in [0.2, 0.25) is 0 Å². The van der Waals surface area contributed by atoms with E-state index in [1.54, 1.807) is 6.20 Å². The van der Waals surface area contributed by atoms with Gasteiger partial charge in [0.15, 0.2) is 0 Å². The molecule has 0 atom stereocenters. The van der Waals surface area contributed by atoms with E-state index in [-0.39, 0.29) is 5.91 Å². The fraction of sp³-hybridized carbons (Fsp3) is 0. The van der Waals surface area contributed by atoms with E-state index in [9.17, 15) is 4.79 Å². The predicted octanol–water partition coefficient (Wildman–Crippen LogP) is 0.0717. The first-order chi connectivity index (χ1) is 5.86. The summed E-state index contributed by atoms with van der Waals surface area (Å²) in [5, 5.41) is 0. The van der Waals surface area contributed by atoms with E-state index >= 15 is 0 Å². The van der Waals surface area contributed by atoms with Crippen molar-refractivity contribution in [2.24, 2.45) is 0 Å². The number of rotatable bonds is 1. The molecule has 1 aliphatic heterocycles. The summed E-state index contributed by atoms with van der Waals surface area (Å²) in [6.45, 7) is 0. The Labute approximate surface area is 69.3 Å². The fourth-order valence-corrected chi connectivity index (χ4v) is 0.957. The number of hydrogen-bond donors (Lipinski definition) is 1. The summed E-state index contributed by atoms with van der Waals surface area (Å²) in [6, 6.07) is 5.48. The number of hydrogen-bond acceptors (Lipinski definition) is 3. The normalized spacial score (nSPS) is 15.0. The molecule has 1 aliphatic rings. The molecule has 0 saturated heterocycles. The van der Waals surface area contributed by atoms with Gasteiger partial charge in [-0.25, -0.2) is 0 Å². The molecule has 0 aliphatic carbocycles. The summed E-state index contributed by atoms with van der Waals surface area (Å²) in [5.41, 5.74) is 7.45. The van der Waals surface area contributed by atoms with E-state index in [0.717, 1.165) is 5.69 Å². The largest absolute Gasteiger partial charge is 0.288 e. The number of nitrogens with zero attached hydrogens (tertiary/aromatic N) is 2. The average molecular weight is 160 g/mol. The van der Waals surface area contributed by atoms with Gasteiger partial charge in [0.1, 0.15) is 0 Å². The first-order valence-electron chi connectivity index (χ1n) is 3.50. The van der Waals surface area contributed by atoms with Gasteiger partial charge in [-0.2, -0.15) is 0 Å². The van der Waals surface area contributed by atoms with Crippen LogP contribution in [0.5, 0.6) is 0 Å². The average Bonchev–Trinajstić information content (AvgIpc) is 2.54. The zero-order chi connectivity index (χ0) is 8.39. The van der Waals surface area contributed by atoms with Crippen molar-refractivity contribution in [3.05, 3.63) is 36.2 Å². The number of amides is 1. The first-order valence-corrected chi connectivity index (χ1v) is 3.50. The maximum absolute atomic E-state index is 10.7. The SMILES string of the molecule is O=C1C=C(c2ccccn2)N[N]1. The highest BCUT2D eigenvalue weighted by Crippen LogP contribution is 2.09. The summed E-state index contributed by atoms with van der Waals surface area (Å²) in [4.78, 5) is 14.7. The van der Waals surface area contributed by atoms with Crippen LogP contribution in [0.25, 0.3) is 5.70 Å². The highest BCUT2D eigenvalue weighted by Gasteiger charge is 2.13. The lowest BCUT2D eigenvalue weighted by atomic mass is 10.3. The van der Waals surface area contributed by atoms with Gasteiger partial charge in [-0.05, 0) is 12.1 Å². The molecule has 0 unspecified atom stereocenters. The van der Waals surface area contributed by atoms with Crippen molar-refractivity contribution >= 4 is 11.6 Å². The third-order valence-electron chi connectivity index (χ3n) is 1.50. The van der Waals surface area contributed by atoms with Crippen molar-refractivity contribution in [2.75, 3.05) is 0 Å². The van der Waals surface area contributed by atoms with Crippen LogP contribution in [0.1, 0.15) is 5.69 Å². The predicted molar refractivity (Wildman–Crippen MR) is 42.5 cm³/mol. The van der Waals surface area contributed by atoms with Gasteiger partial charge in [0.25, 0.3) is 5.91 Å². The minimum atomic E-state index is -0.268. The Bertz CT molecular complexity index is 331. The Hall–Kier alpha value is -1.84. The van der Waals surface area contributed by atoms with Crippen molar-refractivity contribution < 1.29 is 4.79 Å². The van der Waals surface area contributed by atoms with Gasteiger partial charge in [-0.15, -0.1) is 5.43 Å². The van der Waals surface area contributed by atoms with E-state index in [2.05, 4.69) is 15.8 Å². The molecule has 0 aromatic carbocycles. The van der Waals surface area contributed by atoms with Gasteiger partial charge >= 0.3 is 0 Å². The highest BCUT2D eigenvalue weighted by molar-refractivity contribution is 5.97. The molecule has 1 N–H and O–H groups in total. The molecule has 1 aromatic rings. The van der Waals surface area contributed by atoms with Crippen molar-refractivity contribution in [3.8, 4) is 0 Å². The van der Waals surface area contributed by atoms with Crippen molar-refractivity contribution in [1.82, 2.24) is 15.8 Å². The molecule has 0 fully saturated rings. The maximum Gasteiger partial charge on any atom is 0.288 e. The number of nitrogens with one attached hydrogen (secondary N) is 1. The van der Waals surface area contributed by atoms with Crippen LogP contribution in [0.3, 0.4) is 0 Å². The van der Waals surface area contributed by atoms with Crippen LogP contribution < -0.4 is 10.9 Å². The van der Waals surface area contributed by atoms with E-state index < -0.39 is 0 Å². The summed E-state index contributed by atoms with van der Waals surface area (Å²) in [6.07, 6.45) is 3.09. The quantitative estimate of drug-likeness (QED) is 0.632. The number of pyridine rings is 1. The number of aromatic nitrogens is 1. The molecule has 0 bridgehead atoms. The summed E-state index contributed by atoms with van der Waals surface area (Å²) in [5.74, 6) is -0.268. The second kappa shape index (κ2) is 2.65. The van der Waals surface area contributed by atoms with E-state index in [1.165, 1.54) is 6.08 Å². The maximum atomic E-state index is 10.7. The van der Waals surface area contributed by atoms with Gasteiger partial charge in [0.2, 0.25) is 0 Å². The van der Waals surface area contributed by atoms with Crippen LogP contribution in [-0.4, -0.2) is 10.9 Å². The molecule has 1 amide bonds. The minimum absolute atomic E-state index is 0.268. The Kier molecular flexibility index (Phi) is 1.51. The Morgan fingerprint density at radius 3 is 2.83 bits per heavy atom. The Balaban J connectivity index is 2.33. The van der Waals surface area contributed by atoms with E-state index in [1.807, 2.05) is 18.2 Å². The van der Waals surface area contributed by atoms with Crippen LogP contribution in [-0.2, 0) is 4.79 Å². The second-order valence-corrected chi connectivity index (χ2v) is 2.33. The van der Waals surface area contributed by atoms with E-state index in [0.29, 0.717) is 5.70 Å². The molecule has 59 valence electrons. The van der Waals surface area contributed by atoms with Gasteiger partial charge in [0, 0.05) is 12.3 Å². The molecule has 0 spiro atoms. The van der Waals surface area contributed by atoms with Gasteiger partial charge in [-0.3, -0.25) is 15.2 Å². The smallest absolute Gasteiger partial charge is 0.272 e. The third kappa shape index (κ3) is 1.14.